The van der Waals surface area contributed by atoms with Crippen molar-refractivity contribution in [2.75, 3.05) is 16.8 Å². The van der Waals surface area contributed by atoms with Gasteiger partial charge in [0.25, 0.3) is 11.8 Å². The van der Waals surface area contributed by atoms with Crippen LogP contribution in [-0.4, -0.2) is 23.3 Å². The lowest BCUT2D eigenvalue weighted by molar-refractivity contribution is 0.0986. The molecule has 5 nitrogen and oxygen atoms in total. The molecule has 0 saturated heterocycles. The van der Waals surface area contributed by atoms with Gasteiger partial charge in [-0.3, -0.25) is 14.6 Å². The molecule has 0 saturated carbocycles. The van der Waals surface area contributed by atoms with Crippen LogP contribution < -0.4 is 10.2 Å². The highest BCUT2D eigenvalue weighted by atomic mass is 32.1. The second-order valence-electron chi connectivity index (χ2n) is 8.10. The van der Waals surface area contributed by atoms with E-state index in [1.165, 1.54) is 15.3 Å². The summed E-state index contributed by atoms with van der Waals surface area (Å²) in [6.45, 7) is 4.55. The van der Waals surface area contributed by atoms with Crippen molar-refractivity contribution in [2.24, 2.45) is 0 Å². The molecule has 1 aliphatic heterocycles. The minimum atomic E-state index is -0.220. The van der Waals surface area contributed by atoms with Crippen LogP contribution in [0.5, 0.6) is 0 Å². The van der Waals surface area contributed by atoms with Gasteiger partial charge in [-0.2, -0.15) is 0 Å². The van der Waals surface area contributed by atoms with Gasteiger partial charge in [0.15, 0.2) is 0 Å². The summed E-state index contributed by atoms with van der Waals surface area (Å²) in [4.78, 5) is 34.6. The zero-order valence-electron chi connectivity index (χ0n) is 18.5. The van der Waals surface area contributed by atoms with Gasteiger partial charge in [-0.05, 0) is 74.4 Å². The first kappa shape index (κ1) is 21.1. The van der Waals surface area contributed by atoms with Crippen LogP contribution >= 0.6 is 11.3 Å². The molecule has 0 unspecified atom stereocenters. The Morgan fingerprint density at radius 3 is 2.58 bits per heavy atom. The van der Waals surface area contributed by atoms with Crippen molar-refractivity contribution in [3.05, 3.63) is 100 Å². The molecule has 0 spiro atoms. The monoisotopic (exact) mass is 453 g/mol. The van der Waals surface area contributed by atoms with Gasteiger partial charge in [0.05, 0.1) is 11.3 Å². The molecule has 2 aromatic carbocycles. The van der Waals surface area contributed by atoms with E-state index in [2.05, 4.69) is 29.4 Å². The lowest BCUT2D eigenvalue weighted by Crippen LogP contribution is -2.32. The van der Waals surface area contributed by atoms with Gasteiger partial charge in [-0.25, -0.2) is 0 Å². The molecular formula is C27H23N3O2S. The smallest absolute Gasteiger partial charge is 0.258 e. The highest BCUT2D eigenvalue weighted by Crippen LogP contribution is 2.41. The summed E-state index contributed by atoms with van der Waals surface area (Å²) in [5.41, 5.74) is 5.76. The third kappa shape index (κ3) is 4.05. The van der Waals surface area contributed by atoms with Gasteiger partial charge >= 0.3 is 0 Å². The van der Waals surface area contributed by atoms with Crippen molar-refractivity contribution in [1.29, 1.82) is 0 Å². The van der Waals surface area contributed by atoms with E-state index in [-0.39, 0.29) is 11.8 Å². The van der Waals surface area contributed by atoms with Gasteiger partial charge < -0.3 is 10.2 Å². The standard InChI is InChI=1S/C27H23N3O2S/c1-17-16-20-13-15-30(24-8-4-3-6-23(24)25(20)33-17)27(32)19-9-11-21(12-10-19)29-26(31)22-7-5-14-28-18(22)2/h3-12,14,16H,13,15H2,1-2H3,(H,29,31). The van der Waals surface area contributed by atoms with Crippen LogP contribution in [0.4, 0.5) is 11.4 Å². The number of pyridine rings is 1. The van der Waals surface area contributed by atoms with Crippen molar-refractivity contribution in [3.63, 3.8) is 0 Å². The fraction of sp³-hybridized carbons (Fsp3) is 0.148. The third-order valence-electron chi connectivity index (χ3n) is 5.86. The molecule has 0 aliphatic carbocycles. The number of hydrogen-bond acceptors (Lipinski definition) is 4. The lowest BCUT2D eigenvalue weighted by Gasteiger charge is -2.23. The first-order valence-corrected chi connectivity index (χ1v) is 11.7. The zero-order valence-corrected chi connectivity index (χ0v) is 19.3. The second-order valence-corrected chi connectivity index (χ2v) is 9.36. The van der Waals surface area contributed by atoms with Crippen molar-refractivity contribution >= 4 is 34.5 Å². The number of carbonyl (C=O) groups excluding carboxylic acids is 2. The maximum atomic E-state index is 13.5. The van der Waals surface area contributed by atoms with E-state index >= 15 is 0 Å². The average molecular weight is 454 g/mol. The highest BCUT2D eigenvalue weighted by Gasteiger charge is 2.26. The maximum Gasteiger partial charge on any atom is 0.258 e. The number of hydrogen-bond donors (Lipinski definition) is 1. The molecule has 1 N–H and O–H groups in total. The number of rotatable bonds is 3. The first-order valence-electron chi connectivity index (χ1n) is 10.8. The van der Waals surface area contributed by atoms with Gasteiger partial charge in [-0.1, -0.05) is 18.2 Å². The number of para-hydroxylation sites is 1. The average Bonchev–Trinajstić information content (AvgIpc) is 3.13. The van der Waals surface area contributed by atoms with Crippen LogP contribution in [0.1, 0.15) is 36.9 Å². The predicted molar refractivity (Wildman–Crippen MR) is 133 cm³/mol. The maximum absolute atomic E-state index is 13.5. The number of nitrogens with zero attached hydrogens (tertiary/aromatic N) is 2. The number of thiophene rings is 1. The molecule has 1 aliphatic rings. The number of anilines is 2. The van der Waals surface area contributed by atoms with Crippen molar-refractivity contribution < 1.29 is 9.59 Å². The fourth-order valence-corrected chi connectivity index (χ4v) is 5.32. The highest BCUT2D eigenvalue weighted by molar-refractivity contribution is 7.15. The molecule has 4 aromatic rings. The van der Waals surface area contributed by atoms with Crippen LogP contribution in [0.25, 0.3) is 10.4 Å². The number of aromatic nitrogens is 1. The van der Waals surface area contributed by atoms with Crippen LogP contribution in [0, 0.1) is 13.8 Å². The van der Waals surface area contributed by atoms with E-state index in [1.54, 1.807) is 60.9 Å². The van der Waals surface area contributed by atoms with E-state index in [0.717, 1.165) is 17.7 Å². The Hall–Kier alpha value is -3.77. The van der Waals surface area contributed by atoms with E-state index in [0.29, 0.717) is 29.1 Å². The number of amides is 2. The van der Waals surface area contributed by atoms with Gasteiger partial charge in [0, 0.05) is 45.0 Å². The molecular weight excluding hydrogens is 430 g/mol. The summed E-state index contributed by atoms with van der Waals surface area (Å²) < 4.78 is 0. The van der Waals surface area contributed by atoms with Gasteiger partial charge in [0.1, 0.15) is 0 Å². The lowest BCUT2D eigenvalue weighted by atomic mass is 10.1. The Labute approximate surface area is 196 Å². The summed E-state index contributed by atoms with van der Waals surface area (Å²) in [6.07, 6.45) is 2.48. The third-order valence-corrected chi connectivity index (χ3v) is 6.99. The second kappa shape index (κ2) is 8.64. The minimum absolute atomic E-state index is 0.0460. The summed E-state index contributed by atoms with van der Waals surface area (Å²) in [5, 5.41) is 2.88. The van der Waals surface area contributed by atoms with Crippen molar-refractivity contribution in [2.45, 2.75) is 20.3 Å². The number of carbonyl (C=O) groups is 2. The van der Waals surface area contributed by atoms with E-state index in [1.807, 2.05) is 23.1 Å². The van der Waals surface area contributed by atoms with Crippen LogP contribution in [-0.2, 0) is 6.42 Å². The van der Waals surface area contributed by atoms with Gasteiger partial charge in [-0.15, -0.1) is 11.3 Å². The number of fused-ring (bicyclic) bond motifs is 3. The van der Waals surface area contributed by atoms with E-state index in [9.17, 15) is 9.59 Å². The summed E-state index contributed by atoms with van der Waals surface area (Å²) in [7, 11) is 0. The summed E-state index contributed by atoms with van der Waals surface area (Å²) >= 11 is 1.78. The minimum Gasteiger partial charge on any atom is -0.322 e. The molecule has 6 heteroatoms. The fourth-order valence-electron chi connectivity index (χ4n) is 4.22. The van der Waals surface area contributed by atoms with Gasteiger partial charge in [0.2, 0.25) is 0 Å². The Morgan fingerprint density at radius 1 is 1.00 bits per heavy atom. The molecule has 2 aromatic heterocycles. The molecule has 0 atom stereocenters. The normalized spacial score (nSPS) is 12.5. The molecule has 5 rings (SSSR count). The molecule has 3 heterocycles. The zero-order chi connectivity index (χ0) is 22.9. The Morgan fingerprint density at radius 2 is 1.79 bits per heavy atom. The number of nitrogens with one attached hydrogen (secondary N) is 1. The Bertz CT molecular complexity index is 1360. The van der Waals surface area contributed by atoms with Crippen LogP contribution in [0.3, 0.4) is 0 Å². The molecule has 164 valence electrons. The Kier molecular flexibility index (Phi) is 5.52. The quantitative estimate of drug-likeness (QED) is 0.421. The molecule has 2 amide bonds. The Balaban J connectivity index is 1.39. The first-order chi connectivity index (χ1) is 16.0. The van der Waals surface area contributed by atoms with E-state index < -0.39 is 0 Å². The SMILES string of the molecule is Cc1cc2c(s1)-c1ccccc1N(C(=O)c1ccc(NC(=O)c3cccnc3C)cc1)CC2. The number of aryl methyl sites for hydroxylation is 2. The predicted octanol–water partition coefficient (Wildman–Crippen LogP) is 5.88. The molecule has 0 fully saturated rings. The largest absolute Gasteiger partial charge is 0.322 e. The number of benzene rings is 2. The summed E-state index contributed by atoms with van der Waals surface area (Å²) in [5.74, 6) is -0.266. The summed E-state index contributed by atoms with van der Waals surface area (Å²) in [6, 6.07) is 20.9. The topological polar surface area (TPSA) is 62.3 Å². The molecule has 0 radical (unpaired) electrons. The van der Waals surface area contributed by atoms with Crippen molar-refractivity contribution in [1.82, 2.24) is 4.98 Å². The molecule has 0 bridgehead atoms. The molecule has 33 heavy (non-hydrogen) atoms. The van der Waals surface area contributed by atoms with E-state index in [4.69, 9.17) is 0 Å². The van der Waals surface area contributed by atoms with Crippen molar-refractivity contribution in [3.8, 4) is 10.4 Å². The van der Waals surface area contributed by atoms with Crippen LogP contribution in [0.2, 0.25) is 0 Å². The van der Waals surface area contributed by atoms with Crippen LogP contribution in [0.15, 0.2) is 72.9 Å².